The van der Waals surface area contributed by atoms with E-state index in [0.717, 1.165) is 0 Å². The fourth-order valence-corrected chi connectivity index (χ4v) is 1.96. The number of hydrogen-bond acceptors (Lipinski definition) is 1. The fourth-order valence-electron chi connectivity index (χ4n) is 1.96. The van der Waals surface area contributed by atoms with Crippen LogP contribution in [-0.4, -0.2) is 11.1 Å². The highest BCUT2D eigenvalue weighted by atomic mass is 18.2. The number of aliphatic carboxylic acids is 1. The smallest absolute Gasteiger partial charge is 0.307 e. The summed E-state index contributed by atoms with van der Waals surface area (Å²) in [6.45, 7) is 0. The number of rotatable bonds is 4. The summed E-state index contributed by atoms with van der Waals surface area (Å²) < 4.78 is 27.1. The van der Waals surface area contributed by atoms with E-state index in [2.05, 4.69) is 0 Å². The zero-order chi connectivity index (χ0) is 13.8. The third-order valence-corrected chi connectivity index (χ3v) is 2.89. The first-order valence-corrected chi connectivity index (χ1v) is 5.79. The normalized spacial score (nSPS) is 10.4. The average molecular weight is 260 g/mol. The molecule has 0 bridgehead atoms. The Morgan fingerprint density at radius 1 is 0.947 bits per heavy atom. The van der Waals surface area contributed by atoms with Crippen molar-refractivity contribution in [3.63, 3.8) is 0 Å². The molecule has 0 heterocycles. The van der Waals surface area contributed by atoms with Gasteiger partial charge in [0.25, 0.3) is 0 Å². The number of hydrogen-bond donors (Lipinski definition) is 1. The zero-order valence-electron chi connectivity index (χ0n) is 10.1. The number of carbonyl (C=O) groups is 1. The molecule has 0 spiro atoms. The number of benzene rings is 2. The van der Waals surface area contributed by atoms with Gasteiger partial charge in [-0.1, -0.05) is 30.3 Å². The van der Waals surface area contributed by atoms with Crippen molar-refractivity contribution in [1.29, 1.82) is 0 Å². The van der Waals surface area contributed by atoms with Gasteiger partial charge in [0.05, 0.1) is 6.42 Å². The van der Waals surface area contributed by atoms with E-state index in [1.807, 2.05) is 0 Å². The lowest BCUT2D eigenvalue weighted by Crippen LogP contribution is -2.05. The van der Waals surface area contributed by atoms with Crippen molar-refractivity contribution in [2.24, 2.45) is 0 Å². The highest BCUT2D eigenvalue weighted by Crippen LogP contribution is 2.19. The summed E-state index contributed by atoms with van der Waals surface area (Å²) in [6, 6.07) is 10.5. The van der Waals surface area contributed by atoms with E-state index < -0.39 is 17.6 Å². The summed E-state index contributed by atoms with van der Waals surface area (Å²) >= 11 is 0. The molecule has 2 nitrogen and oxygen atoms in total. The summed E-state index contributed by atoms with van der Waals surface area (Å²) in [6.07, 6.45) is -0.117. The maximum atomic E-state index is 13.6. The molecule has 0 unspecified atom stereocenters. The van der Waals surface area contributed by atoms with Crippen molar-refractivity contribution in [2.75, 3.05) is 0 Å². The van der Waals surface area contributed by atoms with Crippen LogP contribution < -0.4 is 0 Å². The molecule has 0 aliphatic heterocycles. The standard InChI is InChI=1S/C15H12F2O2/c16-13-6-3-7-14(17)12(13)8-10-4-1-2-5-11(10)9-15(18)19/h1-7H,8-9H2,(H,18,19)/i16-1,17-1. The van der Waals surface area contributed by atoms with Gasteiger partial charge in [-0.15, -0.1) is 0 Å². The minimum absolute atomic E-state index is 0.0414. The van der Waals surface area contributed by atoms with Crippen molar-refractivity contribution < 1.29 is 18.7 Å². The zero-order valence-corrected chi connectivity index (χ0v) is 10.1. The van der Waals surface area contributed by atoms with Crippen LogP contribution in [0.5, 0.6) is 0 Å². The number of carboxylic acids is 1. The van der Waals surface area contributed by atoms with E-state index in [0.29, 0.717) is 11.1 Å². The molecule has 2 aromatic rings. The van der Waals surface area contributed by atoms with E-state index in [1.54, 1.807) is 24.3 Å². The third kappa shape index (κ3) is 3.16. The van der Waals surface area contributed by atoms with Crippen LogP contribution in [0.2, 0.25) is 0 Å². The number of carboxylic acid groups (broad SMARTS) is 1. The average Bonchev–Trinajstić information content (AvgIpc) is 2.35. The maximum Gasteiger partial charge on any atom is 0.307 e. The van der Waals surface area contributed by atoms with Crippen molar-refractivity contribution in [3.05, 3.63) is 70.8 Å². The largest absolute Gasteiger partial charge is 0.481 e. The van der Waals surface area contributed by atoms with E-state index >= 15 is 0 Å². The van der Waals surface area contributed by atoms with E-state index in [1.165, 1.54) is 18.2 Å². The molecule has 98 valence electrons. The van der Waals surface area contributed by atoms with Crippen molar-refractivity contribution >= 4 is 5.97 Å². The highest BCUT2D eigenvalue weighted by Gasteiger charge is 2.12. The van der Waals surface area contributed by atoms with Crippen LogP contribution in [-0.2, 0) is 17.6 Å². The number of halogens is 2. The quantitative estimate of drug-likeness (QED) is 0.916. The Kier molecular flexibility index (Phi) is 3.90. The first-order chi connectivity index (χ1) is 9.08. The molecule has 0 saturated heterocycles. The second kappa shape index (κ2) is 5.61. The second-order valence-electron chi connectivity index (χ2n) is 4.22. The Morgan fingerprint density at radius 2 is 1.53 bits per heavy atom. The summed E-state index contributed by atoms with van der Waals surface area (Å²) in [5.74, 6) is -2.21. The Balaban J connectivity index is 2.36. The second-order valence-corrected chi connectivity index (χ2v) is 4.22. The van der Waals surface area contributed by atoms with Crippen molar-refractivity contribution in [1.82, 2.24) is 0 Å². The van der Waals surface area contributed by atoms with Gasteiger partial charge in [0.2, 0.25) is 0 Å². The van der Waals surface area contributed by atoms with Crippen molar-refractivity contribution in [3.8, 4) is 0 Å². The lowest BCUT2D eigenvalue weighted by molar-refractivity contribution is -0.136. The fraction of sp³-hybridized carbons (Fsp3) is 0.133. The van der Waals surface area contributed by atoms with Gasteiger partial charge >= 0.3 is 5.97 Å². The van der Waals surface area contributed by atoms with Crippen LogP contribution in [0.25, 0.3) is 0 Å². The van der Waals surface area contributed by atoms with E-state index in [9.17, 15) is 13.6 Å². The Bertz CT molecular complexity index is 589. The Labute approximate surface area is 109 Å². The summed E-state index contributed by atoms with van der Waals surface area (Å²) in [5.41, 5.74) is 1.15. The lowest BCUT2D eigenvalue weighted by Gasteiger charge is -2.09. The molecule has 19 heavy (non-hydrogen) atoms. The van der Waals surface area contributed by atoms with Crippen LogP contribution in [0.4, 0.5) is 8.78 Å². The molecular weight excluding hydrogens is 248 g/mol. The predicted octanol–water partition coefficient (Wildman–Crippen LogP) is 3.18. The topological polar surface area (TPSA) is 37.3 Å². The molecule has 1 N–H and O–H groups in total. The SMILES string of the molecule is O=C(O)Cc1ccccc1Cc1c([18F])cccc1[18F]. The van der Waals surface area contributed by atoms with Crippen LogP contribution >= 0.6 is 0 Å². The van der Waals surface area contributed by atoms with Crippen LogP contribution in [0.15, 0.2) is 42.5 Å². The van der Waals surface area contributed by atoms with Crippen LogP contribution in [0.1, 0.15) is 16.7 Å². The van der Waals surface area contributed by atoms with Gasteiger partial charge in [0.1, 0.15) is 11.6 Å². The van der Waals surface area contributed by atoms with Crippen LogP contribution in [0.3, 0.4) is 0 Å². The summed E-state index contributed by atoms with van der Waals surface area (Å²) in [7, 11) is 0. The molecule has 0 saturated carbocycles. The Morgan fingerprint density at radius 3 is 2.11 bits per heavy atom. The molecule has 0 fully saturated rings. The predicted molar refractivity (Wildman–Crippen MR) is 66.9 cm³/mol. The monoisotopic (exact) mass is 260 g/mol. The maximum absolute atomic E-state index is 13.6. The van der Waals surface area contributed by atoms with E-state index in [4.69, 9.17) is 5.11 Å². The van der Waals surface area contributed by atoms with Gasteiger partial charge in [-0.2, -0.15) is 0 Å². The van der Waals surface area contributed by atoms with Crippen LogP contribution in [0, 0.1) is 11.6 Å². The van der Waals surface area contributed by atoms with Gasteiger partial charge < -0.3 is 5.11 Å². The van der Waals surface area contributed by atoms with Gasteiger partial charge in [-0.25, -0.2) is 8.78 Å². The minimum atomic E-state index is -0.971. The lowest BCUT2D eigenvalue weighted by atomic mass is 9.97. The van der Waals surface area contributed by atoms with E-state index in [-0.39, 0.29) is 18.4 Å². The summed E-state index contributed by atoms with van der Waals surface area (Å²) in [4.78, 5) is 10.8. The van der Waals surface area contributed by atoms with Gasteiger partial charge in [-0.05, 0) is 23.3 Å². The molecule has 0 aliphatic carbocycles. The molecule has 2 aromatic carbocycles. The minimum Gasteiger partial charge on any atom is -0.481 e. The van der Waals surface area contributed by atoms with Gasteiger partial charge in [0.15, 0.2) is 0 Å². The summed E-state index contributed by atoms with van der Waals surface area (Å²) in [5, 5.41) is 8.82. The molecule has 4 heteroatoms. The third-order valence-electron chi connectivity index (χ3n) is 2.89. The molecule has 2 rings (SSSR count). The first-order valence-electron chi connectivity index (χ1n) is 5.79. The van der Waals surface area contributed by atoms with Crippen molar-refractivity contribution in [2.45, 2.75) is 12.8 Å². The molecule has 0 atom stereocenters. The molecular formula is C15H12F2O2. The first kappa shape index (κ1) is 13.2. The molecule has 0 amide bonds. The molecule has 0 aromatic heterocycles. The molecule has 0 radical (unpaired) electrons. The Hall–Kier alpha value is -2.23. The highest BCUT2D eigenvalue weighted by molar-refractivity contribution is 5.70. The molecule has 0 aliphatic rings. The van der Waals surface area contributed by atoms with Gasteiger partial charge in [-0.3, -0.25) is 4.79 Å². The van der Waals surface area contributed by atoms with Gasteiger partial charge in [0, 0.05) is 12.0 Å².